The van der Waals surface area contributed by atoms with Gasteiger partial charge in [0.15, 0.2) is 6.61 Å². The molecule has 9 nitrogen and oxygen atoms in total. The number of aromatic amines is 1. The molecule has 0 unspecified atom stereocenters. The lowest BCUT2D eigenvalue weighted by Crippen LogP contribution is -2.23. The predicted octanol–water partition coefficient (Wildman–Crippen LogP) is 3.33. The molecule has 0 saturated carbocycles. The predicted molar refractivity (Wildman–Crippen MR) is 128 cm³/mol. The zero-order chi connectivity index (χ0) is 25.6. The monoisotopic (exact) mass is 498 g/mol. The number of hydrogen-bond donors (Lipinski definition) is 2. The first-order chi connectivity index (χ1) is 16.6. The van der Waals surface area contributed by atoms with Crippen LogP contribution in [0.1, 0.15) is 54.9 Å². The van der Waals surface area contributed by atoms with Crippen molar-refractivity contribution in [2.75, 3.05) is 13.2 Å². The minimum Gasteiger partial charge on any atom is -0.462 e. The Labute approximate surface area is 203 Å². The number of sulfonamides is 1. The van der Waals surface area contributed by atoms with Crippen molar-refractivity contribution in [3.8, 4) is 0 Å². The molecule has 184 valence electrons. The van der Waals surface area contributed by atoms with Crippen molar-refractivity contribution >= 4 is 27.7 Å². The molecule has 0 radical (unpaired) electrons. The van der Waals surface area contributed by atoms with Gasteiger partial charge in [-0.3, -0.25) is 4.79 Å². The highest BCUT2D eigenvalue weighted by molar-refractivity contribution is 7.89. The minimum absolute atomic E-state index is 0.0213. The molecule has 0 aliphatic heterocycles. The zero-order valence-electron chi connectivity index (χ0n) is 19.6. The number of Topliss-reactive ketones (excluding diaryl/α,β-unsaturated/α-hetero) is 1. The molecule has 2 N–H and O–H groups in total. The second kappa shape index (κ2) is 11.1. The molecule has 0 atom stereocenters. The highest BCUT2D eigenvalue weighted by Gasteiger charge is 2.24. The first kappa shape index (κ1) is 25.9. The number of aryl methyl sites for hydroxylation is 1. The van der Waals surface area contributed by atoms with Gasteiger partial charge >= 0.3 is 11.9 Å². The van der Waals surface area contributed by atoms with Gasteiger partial charge < -0.3 is 14.5 Å². The molecule has 35 heavy (non-hydrogen) atoms. The van der Waals surface area contributed by atoms with Crippen molar-refractivity contribution in [1.82, 2.24) is 9.71 Å². The van der Waals surface area contributed by atoms with Gasteiger partial charge in [-0.2, -0.15) is 0 Å². The van der Waals surface area contributed by atoms with Gasteiger partial charge in [-0.05, 0) is 50.1 Å². The van der Waals surface area contributed by atoms with Crippen LogP contribution in [-0.4, -0.2) is 44.3 Å². The van der Waals surface area contributed by atoms with Crippen LogP contribution in [0.3, 0.4) is 0 Å². The Hall–Kier alpha value is -3.76. The third-order valence-electron chi connectivity index (χ3n) is 5.22. The van der Waals surface area contributed by atoms with E-state index in [9.17, 15) is 22.8 Å². The summed E-state index contributed by atoms with van der Waals surface area (Å²) in [5.74, 6) is -1.94. The summed E-state index contributed by atoms with van der Waals surface area (Å²) in [6.07, 6.45) is 0. The summed E-state index contributed by atoms with van der Waals surface area (Å²) in [4.78, 5) is 40.0. The average molecular weight is 499 g/mol. The number of carbonyl (C=O) groups excluding carboxylic acids is 3. The van der Waals surface area contributed by atoms with E-state index in [0.717, 1.165) is 5.56 Å². The van der Waals surface area contributed by atoms with Crippen LogP contribution in [0.4, 0.5) is 0 Å². The maximum Gasteiger partial charge on any atom is 0.340 e. The lowest BCUT2D eigenvalue weighted by Gasteiger charge is -2.09. The second-order valence-corrected chi connectivity index (χ2v) is 9.45. The van der Waals surface area contributed by atoms with Gasteiger partial charge in [-0.15, -0.1) is 0 Å². The van der Waals surface area contributed by atoms with Gasteiger partial charge in [0.1, 0.15) is 0 Å². The van der Waals surface area contributed by atoms with Crippen LogP contribution in [0.5, 0.6) is 0 Å². The number of esters is 2. The van der Waals surface area contributed by atoms with Crippen molar-refractivity contribution in [2.45, 2.75) is 32.2 Å². The van der Waals surface area contributed by atoms with Gasteiger partial charge in [0.05, 0.1) is 28.3 Å². The van der Waals surface area contributed by atoms with Crippen molar-refractivity contribution in [1.29, 1.82) is 0 Å². The zero-order valence-corrected chi connectivity index (χ0v) is 20.4. The minimum atomic E-state index is -3.88. The van der Waals surface area contributed by atoms with E-state index in [1.54, 1.807) is 45.0 Å². The SMILES string of the molecule is CCOC(=O)c1c(C)[nH]c(C(=O)COC(=O)c2cccc(S(=O)(=O)NCc3ccccc3)c2)c1C. The van der Waals surface area contributed by atoms with E-state index >= 15 is 0 Å². The van der Waals surface area contributed by atoms with E-state index in [2.05, 4.69) is 9.71 Å². The molecule has 0 spiro atoms. The molecule has 0 bridgehead atoms. The molecular weight excluding hydrogens is 472 g/mol. The first-order valence-electron chi connectivity index (χ1n) is 10.8. The number of ether oxygens (including phenoxy) is 2. The van der Waals surface area contributed by atoms with E-state index in [-0.39, 0.29) is 34.9 Å². The Balaban J connectivity index is 1.67. The Morgan fingerprint density at radius 2 is 1.66 bits per heavy atom. The first-order valence-corrected chi connectivity index (χ1v) is 12.3. The number of H-pyrrole nitrogens is 1. The molecule has 10 heteroatoms. The average Bonchev–Trinajstić information content (AvgIpc) is 3.15. The second-order valence-electron chi connectivity index (χ2n) is 7.68. The van der Waals surface area contributed by atoms with Crippen LogP contribution in [0.25, 0.3) is 0 Å². The van der Waals surface area contributed by atoms with Crippen molar-refractivity contribution in [3.63, 3.8) is 0 Å². The normalized spacial score (nSPS) is 11.2. The summed E-state index contributed by atoms with van der Waals surface area (Å²) in [5, 5.41) is 0. The molecule has 1 heterocycles. The quantitative estimate of drug-likeness (QED) is 0.324. The smallest absolute Gasteiger partial charge is 0.340 e. The molecular formula is C25H26N2O7S. The number of nitrogens with one attached hydrogen (secondary N) is 2. The Morgan fingerprint density at radius 1 is 0.943 bits per heavy atom. The number of aromatic nitrogens is 1. The number of carbonyl (C=O) groups is 3. The van der Waals surface area contributed by atoms with E-state index in [4.69, 9.17) is 9.47 Å². The van der Waals surface area contributed by atoms with E-state index in [1.165, 1.54) is 24.3 Å². The maximum absolute atomic E-state index is 12.6. The summed E-state index contributed by atoms with van der Waals surface area (Å²) in [5.41, 5.74) is 2.04. The van der Waals surface area contributed by atoms with Gasteiger partial charge in [0.25, 0.3) is 0 Å². The van der Waals surface area contributed by atoms with Crippen LogP contribution in [0.2, 0.25) is 0 Å². The van der Waals surface area contributed by atoms with Crippen molar-refractivity contribution in [2.24, 2.45) is 0 Å². The Bertz CT molecular complexity index is 1350. The fourth-order valence-electron chi connectivity index (χ4n) is 3.47. The van der Waals surface area contributed by atoms with Gasteiger partial charge in [0.2, 0.25) is 15.8 Å². The Morgan fingerprint density at radius 3 is 2.34 bits per heavy atom. The van der Waals surface area contributed by atoms with Gasteiger partial charge in [0, 0.05) is 12.2 Å². The largest absolute Gasteiger partial charge is 0.462 e. The third-order valence-corrected chi connectivity index (χ3v) is 6.62. The summed E-state index contributed by atoms with van der Waals surface area (Å²) in [7, 11) is -3.88. The third kappa shape index (κ3) is 6.23. The topological polar surface area (TPSA) is 132 Å². The number of ketones is 1. The van der Waals surface area contributed by atoms with Crippen LogP contribution < -0.4 is 4.72 Å². The molecule has 0 saturated heterocycles. The van der Waals surface area contributed by atoms with Crippen LogP contribution in [0, 0.1) is 13.8 Å². The molecule has 0 aliphatic rings. The van der Waals surface area contributed by atoms with Gasteiger partial charge in [-0.25, -0.2) is 22.7 Å². The van der Waals surface area contributed by atoms with Crippen LogP contribution >= 0.6 is 0 Å². The van der Waals surface area contributed by atoms with Crippen LogP contribution in [0.15, 0.2) is 59.5 Å². The molecule has 0 fully saturated rings. The van der Waals surface area contributed by atoms with E-state index in [1.807, 2.05) is 6.07 Å². The number of hydrogen-bond acceptors (Lipinski definition) is 7. The summed E-state index contributed by atoms with van der Waals surface area (Å²) in [6, 6.07) is 14.4. The number of benzene rings is 2. The van der Waals surface area contributed by atoms with Crippen LogP contribution in [-0.2, 0) is 26.0 Å². The standard InChI is InChI=1S/C25H26N2O7S/c1-4-33-25(30)22-16(2)23(27-17(22)3)21(28)15-34-24(29)19-11-8-12-20(13-19)35(31,32)26-14-18-9-6-5-7-10-18/h5-13,26-27H,4,14-15H2,1-3H3. The molecule has 1 aromatic heterocycles. The van der Waals surface area contributed by atoms with Gasteiger partial charge in [-0.1, -0.05) is 36.4 Å². The van der Waals surface area contributed by atoms with E-state index < -0.39 is 34.4 Å². The van der Waals surface area contributed by atoms with E-state index in [0.29, 0.717) is 11.3 Å². The summed E-state index contributed by atoms with van der Waals surface area (Å²) < 4.78 is 37.9. The summed E-state index contributed by atoms with van der Waals surface area (Å²) >= 11 is 0. The lowest BCUT2D eigenvalue weighted by atomic mass is 10.1. The molecule has 3 rings (SSSR count). The molecule has 3 aromatic rings. The molecule has 0 amide bonds. The van der Waals surface area contributed by atoms with Crippen molar-refractivity contribution < 1.29 is 32.3 Å². The summed E-state index contributed by atoms with van der Waals surface area (Å²) in [6.45, 7) is 4.61. The van der Waals surface area contributed by atoms with Crippen molar-refractivity contribution in [3.05, 3.63) is 88.2 Å². The maximum atomic E-state index is 12.6. The number of rotatable bonds is 10. The highest BCUT2D eigenvalue weighted by Crippen LogP contribution is 2.20. The lowest BCUT2D eigenvalue weighted by molar-refractivity contribution is 0.0472. The fourth-order valence-corrected chi connectivity index (χ4v) is 4.54. The molecule has 2 aromatic carbocycles. The highest BCUT2D eigenvalue weighted by atomic mass is 32.2. The Kier molecular flexibility index (Phi) is 8.21. The molecule has 0 aliphatic carbocycles. The fraction of sp³-hybridized carbons (Fsp3) is 0.240.